The number of amides is 1. The number of likely N-dealkylation sites (N-methyl/N-ethyl adjacent to an activating group) is 1. The van der Waals surface area contributed by atoms with Gasteiger partial charge in [0.05, 0.1) is 17.9 Å². The van der Waals surface area contributed by atoms with Crippen molar-refractivity contribution in [2.45, 2.75) is 63.8 Å². The minimum Gasteiger partial charge on any atom is -0.379 e. The van der Waals surface area contributed by atoms with Crippen LogP contribution in [0.1, 0.15) is 55.9 Å². The molecule has 0 saturated carbocycles. The number of carbonyl (C=O) groups is 1. The molecule has 1 aromatic carbocycles. The first-order valence-corrected chi connectivity index (χ1v) is 15.0. The first-order chi connectivity index (χ1) is 17.5. The number of methoxy groups -OCH3 is 1. The Hall–Kier alpha value is -2.27. The van der Waals surface area contributed by atoms with Crippen molar-refractivity contribution in [1.82, 2.24) is 19.1 Å². The van der Waals surface area contributed by atoms with Crippen LogP contribution in [0.25, 0.3) is 10.9 Å². The standard InChI is InChI=1S/C27H40N4O5S/c1-18(2)31-25-9-7-6-8-20(25)14-24(27(31)33)26(32)28-15-19-12-21-10-11-22(13-19)30(21)17-23(36-4)16-29(3)37(5,34)35/h6-9,14,18-19,21-23H,10-13,15-17H2,1-5H3,(H,28,32)/t19?,21-,22+,23?. The van der Waals surface area contributed by atoms with Crippen LogP contribution in [0.5, 0.6) is 0 Å². The van der Waals surface area contributed by atoms with Gasteiger partial charge in [-0.05, 0) is 63.0 Å². The van der Waals surface area contributed by atoms with Gasteiger partial charge in [0, 0.05) is 51.9 Å². The third-order valence-electron chi connectivity index (χ3n) is 8.01. The molecule has 1 aromatic heterocycles. The number of fused-ring (bicyclic) bond motifs is 3. The summed E-state index contributed by atoms with van der Waals surface area (Å²) < 4.78 is 32.3. The smallest absolute Gasteiger partial charge is 0.264 e. The Bertz CT molecular complexity index is 1280. The van der Waals surface area contributed by atoms with E-state index in [1.54, 1.807) is 24.8 Å². The molecule has 2 aliphatic heterocycles. The summed E-state index contributed by atoms with van der Waals surface area (Å²) in [6.07, 6.45) is 5.12. The predicted molar refractivity (Wildman–Crippen MR) is 145 cm³/mol. The normalized spacial score (nSPS) is 23.2. The average molecular weight is 533 g/mol. The van der Waals surface area contributed by atoms with Gasteiger partial charge >= 0.3 is 0 Å². The molecule has 2 aromatic rings. The molecule has 0 aliphatic carbocycles. The lowest BCUT2D eigenvalue weighted by Gasteiger charge is -2.40. The van der Waals surface area contributed by atoms with E-state index in [2.05, 4.69) is 10.2 Å². The number of hydrogen-bond donors (Lipinski definition) is 1. The van der Waals surface area contributed by atoms with Gasteiger partial charge in [-0.3, -0.25) is 14.5 Å². The molecule has 4 rings (SSSR count). The van der Waals surface area contributed by atoms with Gasteiger partial charge in [-0.1, -0.05) is 18.2 Å². The van der Waals surface area contributed by atoms with Crippen molar-refractivity contribution in [2.24, 2.45) is 5.92 Å². The molecule has 3 heterocycles. The molecule has 37 heavy (non-hydrogen) atoms. The molecule has 4 atom stereocenters. The van der Waals surface area contributed by atoms with Crippen LogP contribution in [0.15, 0.2) is 35.1 Å². The fourth-order valence-electron chi connectivity index (χ4n) is 6.01. The Morgan fingerprint density at radius 3 is 2.43 bits per heavy atom. The minimum atomic E-state index is -3.26. The lowest BCUT2D eigenvalue weighted by Crippen LogP contribution is -2.50. The van der Waals surface area contributed by atoms with Crippen LogP contribution in [0, 0.1) is 5.92 Å². The van der Waals surface area contributed by atoms with Gasteiger partial charge in [-0.15, -0.1) is 0 Å². The Labute approximate surface area is 219 Å². The van der Waals surface area contributed by atoms with E-state index in [-0.39, 0.29) is 29.2 Å². The van der Waals surface area contributed by atoms with Crippen LogP contribution < -0.4 is 10.9 Å². The van der Waals surface area contributed by atoms with Crippen molar-refractivity contribution < 1.29 is 17.9 Å². The summed E-state index contributed by atoms with van der Waals surface area (Å²) in [6, 6.07) is 10.1. The van der Waals surface area contributed by atoms with Gasteiger partial charge in [-0.2, -0.15) is 0 Å². The van der Waals surface area contributed by atoms with Crippen molar-refractivity contribution in [3.05, 3.63) is 46.2 Å². The number of sulfonamides is 1. The molecule has 0 radical (unpaired) electrons. The second-order valence-electron chi connectivity index (χ2n) is 10.9. The second kappa shape index (κ2) is 11.2. The van der Waals surface area contributed by atoms with Gasteiger partial charge in [0.2, 0.25) is 10.0 Å². The molecule has 0 spiro atoms. The molecular formula is C27H40N4O5S. The van der Waals surface area contributed by atoms with Crippen molar-refractivity contribution in [2.75, 3.05) is 40.0 Å². The van der Waals surface area contributed by atoms with E-state index in [1.165, 1.54) is 10.6 Å². The number of aromatic nitrogens is 1. The molecule has 204 valence electrons. The fourth-order valence-corrected chi connectivity index (χ4v) is 6.45. The number of para-hydroxylation sites is 1. The first-order valence-electron chi connectivity index (χ1n) is 13.1. The van der Waals surface area contributed by atoms with Gasteiger partial charge in [0.15, 0.2) is 0 Å². The Morgan fingerprint density at radius 2 is 1.84 bits per heavy atom. The van der Waals surface area contributed by atoms with E-state index in [1.807, 2.05) is 38.1 Å². The van der Waals surface area contributed by atoms with Crippen molar-refractivity contribution >= 4 is 26.8 Å². The third kappa shape index (κ3) is 6.08. The highest BCUT2D eigenvalue weighted by Crippen LogP contribution is 2.38. The first kappa shape index (κ1) is 27.8. The van der Waals surface area contributed by atoms with Crippen LogP contribution in [0.4, 0.5) is 0 Å². The second-order valence-corrected chi connectivity index (χ2v) is 13.0. The topological polar surface area (TPSA) is 101 Å². The minimum absolute atomic E-state index is 0.0572. The number of piperidine rings is 1. The predicted octanol–water partition coefficient (Wildman–Crippen LogP) is 2.46. The van der Waals surface area contributed by atoms with Crippen molar-refractivity contribution in [3.8, 4) is 0 Å². The Balaban J connectivity index is 1.39. The van der Waals surface area contributed by atoms with E-state index in [0.29, 0.717) is 37.6 Å². The molecule has 2 bridgehead atoms. The summed E-state index contributed by atoms with van der Waals surface area (Å²) in [6.45, 7) is 5.46. The zero-order valence-electron chi connectivity index (χ0n) is 22.5. The highest BCUT2D eigenvalue weighted by Gasteiger charge is 2.41. The van der Waals surface area contributed by atoms with Gasteiger partial charge in [0.25, 0.3) is 11.5 Å². The van der Waals surface area contributed by atoms with Crippen LogP contribution in [0.2, 0.25) is 0 Å². The van der Waals surface area contributed by atoms with Gasteiger partial charge < -0.3 is 14.6 Å². The SMILES string of the molecule is COC(CN1[C@@H]2CC[C@H]1CC(CNC(=O)c1cc3ccccc3n(C(C)C)c1=O)C2)CN(C)S(C)(=O)=O. The number of ether oxygens (including phenoxy) is 1. The lowest BCUT2D eigenvalue weighted by molar-refractivity contribution is 0.0155. The highest BCUT2D eigenvalue weighted by atomic mass is 32.2. The van der Waals surface area contributed by atoms with E-state index >= 15 is 0 Å². The van der Waals surface area contributed by atoms with Gasteiger partial charge in [0.1, 0.15) is 5.56 Å². The maximum Gasteiger partial charge on any atom is 0.264 e. The molecule has 9 nitrogen and oxygen atoms in total. The summed E-state index contributed by atoms with van der Waals surface area (Å²) in [5.41, 5.74) is 0.761. The molecule has 1 amide bonds. The summed E-state index contributed by atoms with van der Waals surface area (Å²) in [4.78, 5) is 28.8. The number of carbonyl (C=O) groups excluding carboxylic acids is 1. The molecular weight excluding hydrogens is 492 g/mol. The number of nitrogens with zero attached hydrogens (tertiary/aromatic N) is 3. The van der Waals surface area contributed by atoms with E-state index in [4.69, 9.17) is 4.74 Å². The zero-order valence-corrected chi connectivity index (χ0v) is 23.3. The molecule has 2 unspecified atom stereocenters. The van der Waals surface area contributed by atoms with Crippen LogP contribution in [-0.2, 0) is 14.8 Å². The number of rotatable bonds is 10. The average Bonchev–Trinajstić information content (AvgIpc) is 3.07. The summed E-state index contributed by atoms with van der Waals surface area (Å²) >= 11 is 0. The summed E-state index contributed by atoms with van der Waals surface area (Å²) in [5.74, 6) is 0.0216. The zero-order chi connectivity index (χ0) is 26.9. The summed E-state index contributed by atoms with van der Waals surface area (Å²) in [5, 5.41) is 3.93. The molecule has 1 N–H and O–H groups in total. The van der Waals surface area contributed by atoms with Crippen molar-refractivity contribution in [3.63, 3.8) is 0 Å². The third-order valence-corrected chi connectivity index (χ3v) is 9.30. The number of benzene rings is 1. The number of nitrogens with one attached hydrogen (secondary N) is 1. The molecule has 2 saturated heterocycles. The van der Waals surface area contributed by atoms with Crippen LogP contribution in [-0.4, -0.2) is 86.3 Å². The maximum atomic E-state index is 13.2. The molecule has 2 aliphatic rings. The largest absolute Gasteiger partial charge is 0.379 e. The van der Waals surface area contributed by atoms with E-state index in [0.717, 1.165) is 36.6 Å². The van der Waals surface area contributed by atoms with E-state index < -0.39 is 10.0 Å². The number of pyridine rings is 1. The van der Waals surface area contributed by atoms with E-state index in [9.17, 15) is 18.0 Å². The molecule has 2 fully saturated rings. The monoisotopic (exact) mass is 532 g/mol. The Morgan fingerprint density at radius 1 is 1.19 bits per heavy atom. The quantitative estimate of drug-likeness (QED) is 0.505. The maximum absolute atomic E-state index is 13.2. The number of hydrogen-bond acceptors (Lipinski definition) is 6. The van der Waals surface area contributed by atoms with Crippen LogP contribution >= 0.6 is 0 Å². The Kier molecular flexibility index (Phi) is 8.42. The summed E-state index contributed by atoms with van der Waals surface area (Å²) in [7, 11) is -0.0499. The highest BCUT2D eigenvalue weighted by molar-refractivity contribution is 7.88. The molecule has 10 heteroatoms. The van der Waals surface area contributed by atoms with Crippen molar-refractivity contribution in [1.29, 1.82) is 0 Å². The lowest BCUT2D eigenvalue weighted by atomic mass is 9.90. The fraction of sp³-hybridized carbons (Fsp3) is 0.630. The van der Waals surface area contributed by atoms with Gasteiger partial charge in [-0.25, -0.2) is 12.7 Å². The van der Waals surface area contributed by atoms with Crippen LogP contribution in [0.3, 0.4) is 0 Å².